The summed E-state index contributed by atoms with van der Waals surface area (Å²) in [6.07, 6.45) is 4.25. The third-order valence-electron chi connectivity index (χ3n) is 3.33. The van der Waals surface area contributed by atoms with E-state index in [0.29, 0.717) is 5.92 Å². The van der Waals surface area contributed by atoms with E-state index >= 15 is 0 Å². The van der Waals surface area contributed by atoms with Crippen molar-refractivity contribution in [1.82, 2.24) is 10.2 Å². The Morgan fingerprint density at radius 1 is 1.41 bits per heavy atom. The van der Waals surface area contributed by atoms with Gasteiger partial charge < -0.3 is 0 Å². The van der Waals surface area contributed by atoms with E-state index in [-0.39, 0.29) is 0 Å². The van der Waals surface area contributed by atoms with E-state index < -0.39 is 0 Å². The zero-order chi connectivity index (χ0) is 11.8. The number of benzene rings is 1. The number of aromatic amines is 1. The lowest BCUT2D eigenvalue weighted by Crippen LogP contribution is -1.89. The van der Waals surface area contributed by atoms with Gasteiger partial charge in [-0.15, -0.1) is 0 Å². The fourth-order valence-electron chi connectivity index (χ4n) is 2.21. The average molecular weight is 223 g/mol. The van der Waals surface area contributed by atoms with Gasteiger partial charge in [-0.25, -0.2) is 0 Å². The lowest BCUT2D eigenvalue weighted by Gasteiger charge is -2.05. The minimum absolute atomic E-state index is 0.615. The number of aromatic nitrogens is 2. The van der Waals surface area contributed by atoms with Crippen LogP contribution < -0.4 is 0 Å². The van der Waals surface area contributed by atoms with Crippen LogP contribution in [-0.2, 0) is 0 Å². The van der Waals surface area contributed by atoms with Gasteiger partial charge in [-0.05, 0) is 42.9 Å². The summed E-state index contributed by atoms with van der Waals surface area (Å²) in [7, 11) is 0. The largest absolute Gasteiger partial charge is 0.282 e. The highest BCUT2D eigenvalue weighted by Gasteiger charge is 2.26. The molecule has 1 heterocycles. The van der Waals surface area contributed by atoms with Crippen LogP contribution in [0.2, 0.25) is 0 Å². The number of rotatable bonds is 2. The number of nitrogens with zero attached hydrogens (tertiary/aromatic N) is 2. The monoisotopic (exact) mass is 223 g/mol. The maximum Gasteiger partial charge on any atom is 0.0994 e. The minimum atomic E-state index is 0.615. The molecule has 1 saturated carbocycles. The predicted octanol–water partition coefficient (Wildman–Crippen LogP) is 3.13. The minimum Gasteiger partial charge on any atom is -0.282 e. The maximum atomic E-state index is 9.21. The number of aryl methyl sites for hydroxylation is 1. The molecule has 3 rings (SSSR count). The lowest BCUT2D eigenvalue weighted by molar-refractivity contribution is 1.05. The van der Waals surface area contributed by atoms with E-state index in [1.807, 2.05) is 19.2 Å². The van der Waals surface area contributed by atoms with Gasteiger partial charge in [0.25, 0.3) is 0 Å². The zero-order valence-electron chi connectivity index (χ0n) is 9.70. The molecule has 1 N–H and O–H groups in total. The third kappa shape index (κ3) is 1.72. The number of nitriles is 1. The van der Waals surface area contributed by atoms with Crippen LogP contribution in [0.25, 0.3) is 11.1 Å². The molecule has 0 bridgehead atoms. The topological polar surface area (TPSA) is 52.5 Å². The summed E-state index contributed by atoms with van der Waals surface area (Å²) in [6, 6.07) is 8.47. The van der Waals surface area contributed by atoms with Gasteiger partial charge in [0.1, 0.15) is 0 Å². The Kier molecular flexibility index (Phi) is 2.22. The van der Waals surface area contributed by atoms with Crippen LogP contribution in [0.1, 0.15) is 35.6 Å². The van der Waals surface area contributed by atoms with Crippen LogP contribution in [0.15, 0.2) is 24.4 Å². The summed E-state index contributed by atoms with van der Waals surface area (Å²) in [5.41, 5.74) is 5.19. The SMILES string of the molecule is Cc1[nH]ncc1-c1ccc(C2CC2)c(C#N)c1. The lowest BCUT2D eigenvalue weighted by atomic mass is 9.98. The van der Waals surface area contributed by atoms with Crippen LogP contribution >= 0.6 is 0 Å². The summed E-state index contributed by atoms with van der Waals surface area (Å²) in [5.74, 6) is 0.615. The van der Waals surface area contributed by atoms with Gasteiger partial charge in [-0.3, -0.25) is 5.10 Å². The summed E-state index contributed by atoms with van der Waals surface area (Å²) in [5, 5.41) is 16.1. The maximum absolute atomic E-state index is 9.21. The van der Waals surface area contributed by atoms with Crippen molar-refractivity contribution in [3.05, 3.63) is 41.2 Å². The molecule has 3 nitrogen and oxygen atoms in total. The fourth-order valence-corrected chi connectivity index (χ4v) is 2.21. The van der Waals surface area contributed by atoms with Crippen LogP contribution in [0.4, 0.5) is 0 Å². The van der Waals surface area contributed by atoms with E-state index in [0.717, 1.165) is 22.4 Å². The van der Waals surface area contributed by atoms with E-state index in [1.54, 1.807) is 0 Å². The summed E-state index contributed by atoms with van der Waals surface area (Å²) < 4.78 is 0. The number of hydrogen-bond acceptors (Lipinski definition) is 2. The molecule has 0 unspecified atom stereocenters. The van der Waals surface area contributed by atoms with Crippen molar-refractivity contribution in [3.8, 4) is 17.2 Å². The molecule has 0 spiro atoms. The Balaban J connectivity index is 2.08. The molecule has 0 saturated heterocycles. The van der Waals surface area contributed by atoms with Crippen LogP contribution in [-0.4, -0.2) is 10.2 Å². The molecule has 1 fully saturated rings. The Hall–Kier alpha value is -2.08. The third-order valence-corrected chi connectivity index (χ3v) is 3.33. The zero-order valence-corrected chi connectivity index (χ0v) is 9.70. The van der Waals surface area contributed by atoms with E-state index in [9.17, 15) is 5.26 Å². The standard InChI is InChI=1S/C14H13N3/c1-9-14(8-16-17-9)11-4-5-13(10-2-3-10)12(6-11)7-15/h4-6,8,10H,2-3H2,1H3,(H,16,17). The van der Waals surface area contributed by atoms with E-state index in [2.05, 4.69) is 28.4 Å². The second-order valence-electron chi connectivity index (χ2n) is 4.60. The Bertz CT molecular complexity index is 600. The van der Waals surface area contributed by atoms with Gasteiger partial charge in [0.05, 0.1) is 17.8 Å². The van der Waals surface area contributed by atoms with Crippen molar-refractivity contribution in [2.75, 3.05) is 0 Å². The quantitative estimate of drug-likeness (QED) is 0.850. The fraction of sp³-hybridized carbons (Fsp3) is 0.286. The molecule has 3 heteroatoms. The molecule has 0 amide bonds. The Labute approximate surface area is 100 Å². The van der Waals surface area contributed by atoms with Gasteiger partial charge >= 0.3 is 0 Å². The smallest absolute Gasteiger partial charge is 0.0994 e. The van der Waals surface area contributed by atoms with Gasteiger partial charge in [0.2, 0.25) is 0 Å². The van der Waals surface area contributed by atoms with Gasteiger partial charge in [-0.2, -0.15) is 10.4 Å². The first-order valence-corrected chi connectivity index (χ1v) is 5.84. The first-order chi connectivity index (χ1) is 8.29. The summed E-state index contributed by atoms with van der Waals surface area (Å²) in [4.78, 5) is 0. The van der Waals surface area contributed by atoms with Crippen LogP contribution in [0.5, 0.6) is 0 Å². The molecule has 1 aliphatic carbocycles. The highest BCUT2D eigenvalue weighted by Crippen LogP contribution is 2.42. The first kappa shape index (κ1) is 10.1. The van der Waals surface area contributed by atoms with Crippen molar-refractivity contribution in [2.24, 2.45) is 0 Å². The van der Waals surface area contributed by atoms with E-state index in [4.69, 9.17) is 0 Å². The average Bonchev–Trinajstić information content (AvgIpc) is 3.11. The second kappa shape index (κ2) is 3.74. The molecule has 17 heavy (non-hydrogen) atoms. The Morgan fingerprint density at radius 3 is 2.82 bits per heavy atom. The van der Waals surface area contributed by atoms with Crippen LogP contribution in [0.3, 0.4) is 0 Å². The normalized spacial score (nSPS) is 14.6. The molecule has 84 valence electrons. The van der Waals surface area contributed by atoms with Crippen molar-refractivity contribution >= 4 is 0 Å². The van der Waals surface area contributed by atoms with Crippen LogP contribution in [0, 0.1) is 18.3 Å². The van der Waals surface area contributed by atoms with Crippen molar-refractivity contribution in [2.45, 2.75) is 25.7 Å². The highest BCUT2D eigenvalue weighted by molar-refractivity contribution is 5.67. The number of hydrogen-bond donors (Lipinski definition) is 1. The van der Waals surface area contributed by atoms with Gasteiger partial charge in [0, 0.05) is 11.3 Å². The van der Waals surface area contributed by atoms with Gasteiger partial charge in [0.15, 0.2) is 0 Å². The van der Waals surface area contributed by atoms with Crippen molar-refractivity contribution in [1.29, 1.82) is 5.26 Å². The molecule has 0 aliphatic heterocycles. The molecule has 1 aromatic carbocycles. The first-order valence-electron chi connectivity index (χ1n) is 5.84. The molecular formula is C14H13N3. The van der Waals surface area contributed by atoms with Crippen molar-refractivity contribution in [3.63, 3.8) is 0 Å². The molecule has 1 aliphatic rings. The van der Waals surface area contributed by atoms with Gasteiger partial charge in [-0.1, -0.05) is 12.1 Å². The molecule has 2 aromatic rings. The molecule has 0 radical (unpaired) electrons. The van der Waals surface area contributed by atoms with E-state index in [1.165, 1.54) is 18.4 Å². The molecule has 1 aromatic heterocycles. The number of H-pyrrole nitrogens is 1. The number of nitrogens with one attached hydrogen (secondary N) is 1. The predicted molar refractivity (Wildman–Crippen MR) is 65.5 cm³/mol. The van der Waals surface area contributed by atoms with Crippen molar-refractivity contribution < 1.29 is 0 Å². The second-order valence-corrected chi connectivity index (χ2v) is 4.60. The summed E-state index contributed by atoms with van der Waals surface area (Å²) >= 11 is 0. The highest BCUT2D eigenvalue weighted by atomic mass is 15.1. The summed E-state index contributed by atoms with van der Waals surface area (Å²) in [6.45, 7) is 1.99. The Morgan fingerprint density at radius 2 is 2.24 bits per heavy atom. The molecule has 0 atom stereocenters. The molecular weight excluding hydrogens is 210 g/mol.